The molecule has 2 saturated heterocycles. The number of aromatic amines is 1. The standard InChI is InChI=1S/C19H23N3O3/c1-19(13-24-15-5-3-2-4-6-15)11-14-12-22(10-7-16(14)25-19)18(23)17-20-8-9-21-17/h2-6,8-9,14,16H,7,10-13H2,1H3,(H,20,21)/t14-,16+,19-/m1/s1. The van der Waals surface area contributed by atoms with Gasteiger partial charge >= 0.3 is 0 Å². The lowest BCUT2D eigenvalue weighted by Gasteiger charge is -2.33. The number of rotatable bonds is 4. The Morgan fingerprint density at radius 1 is 1.44 bits per heavy atom. The molecule has 1 aromatic carbocycles. The van der Waals surface area contributed by atoms with E-state index in [9.17, 15) is 4.79 Å². The zero-order chi connectivity index (χ0) is 17.3. The lowest BCUT2D eigenvalue weighted by Crippen LogP contribution is -2.44. The molecule has 25 heavy (non-hydrogen) atoms. The van der Waals surface area contributed by atoms with Gasteiger partial charge in [-0.2, -0.15) is 0 Å². The van der Waals surface area contributed by atoms with Crippen LogP contribution in [0.1, 0.15) is 30.4 Å². The van der Waals surface area contributed by atoms with Crippen LogP contribution in [0.3, 0.4) is 0 Å². The van der Waals surface area contributed by atoms with Crippen molar-refractivity contribution in [2.75, 3.05) is 19.7 Å². The van der Waals surface area contributed by atoms with Gasteiger partial charge in [-0.1, -0.05) is 18.2 Å². The van der Waals surface area contributed by atoms with Gasteiger partial charge in [0.2, 0.25) is 0 Å². The van der Waals surface area contributed by atoms with Gasteiger partial charge in [0.25, 0.3) is 5.91 Å². The number of piperidine rings is 1. The molecular weight excluding hydrogens is 318 g/mol. The summed E-state index contributed by atoms with van der Waals surface area (Å²) in [7, 11) is 0. The Hall–Kier alpha value is -2.34. The molecule has 6 nitrogen and oxygen atoms in total. The molecule has 0 bridgehead atoms. The molecule has 2 aliphatic heterocycles. The summed E-state index contributed by atoms with van der Waals surface area (Å²) in [5.74, 6) is 1.58. The number of H-pyrrole nitrogens is 1. The van der Waals surface area contributed by atoms with Crippen LogP contribution in [-0.4, -0.2) is 52.2 Å². The number of imidazole rings is 1. The highest BCUT2D eigenvalue weighted by Gasteiger charge is 2.47. The molecule has 0 unspecified atom stereocenters. The van der Waals surface area contributed by atoms with Gasteiger partial charge in [-0.25, -0.2) is 4.98 Å². The molecular formula is C19H23N3O3. The van der Waals surface area contributed by atoms with Crippen molar-refractivity contribution in [3.05, 3.63) is 48.5 Å². The van der Waals surface area contributed by atoms with E-state index in [1.165, 1.54) is 0 Å². The van der Waals surface area contributed by atoms with E-state index >= 15 is 0 Å². The van der Waals surface area contributed by atoms with Crippen LogP contribution in [0.5, 0.6) is 5.75 Å². The lowest BCUT2D eigenvalue weighted by molar-refractivity contribution is -0.0675. The van der Waals surface area contributed by atoms with Crippen molar-refractivity contribution in [2.24, 2.45) is 5.92 Å². The maximum Gasteiger partial charge on any atom is 0.289 e. The smallest absolute Gasteiger partial charge is 0.289 e. The lowest BCUT2D eigenvalue weighted by atomic mass is 9.89. The molecule has 2 fully saturated rings. The fourth-order valence-corrected chi connectivity index (χ4v) is 3.89. The summed E-state index contributed by atoms with van der Waals surface area (Å²) in [6.07, 6.45) is 5.24. The van der Waals surface area contributed by atoms with Crippen molar-refractivity contribution in [1.82, 2.24) is 14.9 Å². The number of benzene rings is 1. The Labute approximate surface area is 147 Å². The van der Waals surface area contributed by atoms with Gasteiger partial charge in [-0.3, -0.25) is 4.79 Å². The van der Waals surface area contributed by atoms with E-state index in [4.69, 9.17) is 9.47 Å². The van der Waals surface area contributed by atoms with Gasteiger partial charge in [0.15, 0.2) is 5.82 Å². The molecule has 3 heterocycles. The van der Waals surface area contributed by atoms with E-state index in [1.807, 2.05) is 35.2 Å². The summed E-state index contributed by atoms with van der Waals surface area (Å²) in [4.78, 5) is 21.3. The molecule has 0 spiro atoms. The Morgan fingerprint density at radius 3 is 3.04 bits per heavy atom. The maximum absolute atomic E-state index is 12.5. The van der Waals surface area contributed by atoms with Crippen molar-refractivity contribution in [1.29, 1.82) is 0 Å². The first-order valence-corrected chi connectivity index (χ1v) is 8.77. The van der Waals surface area contributed by atoms with Crippen molar-refractivity contribution in [3.8, 4) is 5.75 Å². The van der Waals surface area contributed by atoms with Crippen molar-refractivity contribution < 1.29 is 14.3 Å². The minimum atomic E-state index is -0.311. The fraction of sp³-hybridized carbons (Fsp3) is 0.474. The second-order valence-electron chi connectivity index (χ2n) is 7.15. The highest BCUT2D eigenvalue weighted by molar-refractivity contribution is 5.90. The third-order valence-corrected chi connectivity index (χ3v) is 5.07. The van der Waals surface area contributed by atoms with Crippen molar-refractivity contribution in [3.63, 3.8) is 0 Å². The number of hydrogen-bond donors (Lipinski definition) is 1. The Morgan fingerprint density at radius 2 is 2.28 bits per heavy atom. The van der Waals surface area contributed by atoms with Crippen LogP contribution in [-0.2, 0) is 4.74 Å². The predicted octanol–water partition coefficient (Wildman–Crippen LogP) is 2.50. The van der Waals surface area contributed by atoms with Crippen LogP contribution in [0.15, 0.2) is 42.7 Å². The van der Waals surface area contributed by atoms with Gasteiger partial charge in [0.05, 0.1) is 6.10 Å². The summed E-state index contributed by atoms with van der Waals surface area (Å²) >= 11 is 0. The zero-order valence-corrected chi connectivity index (χ0v) is 14.4. The average Bonchev–Trinajstić information content (AvgIpc) is 3.27. The number of amides is 1. The SMILES string of the molecule is C[C@]1(COc2ccccc2)C[C@@H]2CN(C(=O)c3ncc[nH]3)CC[C@@H]2O1. The summed E-state index contributed by atoms with van der Waals surface area (Å²) < 4.78 is 12.2. The van der Waals surface area contributed by atoms with Crippen LogP contribution < -0.4 is 4.74 Å². The first-order chi connectivity index (χ1) is 12.1. The largest absolute Gasteiger partial charge is 0.491 e. The topological polar surface area (TPSA) is 67.5 Å². The zero-order valence-electron chi connectivity index (χ0n) is 14.4. The van der Waals surface area contributed by atoms with Gasteiger partial charge in [0.1, 0.15) is 18.0 Å². The quantitative estimate of drug-likeness (QED) is 0.928. The summed E-state index contributed by atoms with van der Waals surface area (Å²) in [5.41, 5.74) is -0.311. The van der Waals surface area contributed by atoms with Crippen LogP contribution in [0.4, 0.5) is 0 Å². The van der Waals surface area contributed by atoms with Gasteiger partial charge in [0, 0.05) is 31.4 Å². The molecule has 0 saturated carbocycles. The normalized spacial score (nSPS) is 28.6. The number of nitrogens with zero attached hydrogens (tertiary/aromatic N) is 2. The second-order valence-corrected chi connectivity index (χ2v) is 7.15. The summed E-state index contributed by atoms with van der Waals surface area (Å²) in [6.45, 7) is 4.05. The highest BCUT2D eigenvalue weighted by atomic mass is 16.6. The number of fused-ring (bicyclic) bond motifs is 1. The number of ether oxygens (including phenoxy) is 2. The Bertz CT molecular complexity index is 719. The van der Waals surface area contributed by atoms with E-state index in [0.717, 1.165) is 18.6 Å². The van der Waals surface area contributed by atoms with Crippen LogP contribution >= 0.6 is 0 Å². The molecule has 0 aliphatic carbocycles. The van der Waals surface area contributed by atoms with E-state index in [1.54, 1.807) is 12.4 Å². The molecule has 1 aromatic heterocycles. The third kappa shape index (κ3) is 3.39. The highest BCUT2D eigenvalue weighted by Crippen LogP contribution is 2.39. The third-order valence-electron chi connectivity index (χ3n) is 5.07. The summed E-state index contributed by atoms with van der Waals surface area (Å²) in [6, 6.07) is 9.81. The van der Waals surface area contributed by atoms with Crippen LogP contribution in [0.2, 0.25) is 0 Å². The molecule has 4 rings (SSSR count). The molecule has 0 radical (unpaired) electrons. The van der Waals surface area contributed by atoms with Gasteiger partial charge in [-0.05, 0) is 31.9 Å². The van der Waals surface area contributed by atoms with E-state index in [-0.39, 0.29) is 17.6 Å². The molecule has 1 N–H and O–H groups in total. The first-order valence-electron chi connectivity index (χ1n) is 8.77. The molecule has 2 aromatic rings. The molecule has 1 amide bonds. The number of carbonyl (C=O) groups is 1. The van der Waals surface area contributed by atoms with E-state index in [0.29, 0.717) is 31.4 Å². The van der Waals surface area contributed by atoms with E-state index in [2.05, 4.69) is 16.9 Å². The molecule has 2 aliphatic rings. The van der Waals surface area contributed by atoms with Gasteiger partial charge < -0.3 is 19.4 Å². The van der Waals surface area contributed by atoms with Crippen molar-refractivity contribution in [2.45, 2.75) is 31.5 Å². The summed E-state index contributed by atoms with van der Waals surface area (Å²) in [5, 5.41) is 0. The number of nitrogens with one attached hydrogen (secondary N) is 1. The average molecular weight is 341 g/mol. The van der Waals surface area contributed by atoms with Gasteiger partial charge in [-0.15, -0.1) is 0 Å². The first kappa shape index (κ1) is 16.1. The fourth-order valence-electron chi connectivity index (χ4n) is 3.89. The maximum atomic E-state index is 12.5. The number of para-hydroxylation sites is 1. The minimum Gasteiger partial charge on any atom is -0.491 e. The predicted molar refractivity (Wildman–Crippen MR) is 92.4 cm³/mol. The minimum absolute atomic E-state index is 0.0300. The van der Waals surface area contributed by atoms with Crippen molar-refractivity contribution >= 4 is 5.91 Å². The van der Waals surface area contributed by atoms with E-state index < -0.39 is 0 Å². The van der Waals surface area contributed by atoms with Crippen LogP contribution in [0, 0.1) is 5.92 Å². The van der Waals surface area contributed by atoms with Crippen LogP contribution in [0.25, 0.3) is 0 Å². The number of likely N-dealkylation sites (tertiary alicyclic amines) is 1. The molecule has 6 heteroatoms. The number of hydrogen-bond acceptors (Lipinski definition) is 4. The molecule has 3 atom stereocenters. The second kappa shape index (κ2) is 6.52. The number of aromatic nitrogens is 2. The molecule has 132 valence electrons. The Balaban J connectivity index is 1.37. The Kier molecular flexibility index (Phi) is 4.21. The number of carbonyl (C=O) groups excluding carboxylic acids is 1. The monoisotopic (exact) mass is 341 g/mol.